The largest absolute Gasteiger partial charge is 0.369 e. The van der Waals surface area contributed by atoms with E-state index in [9.17, 15) is 8.42 Å². The number of pyridine rings is 1. The Bertz CT molecular complexity index is 1020. The summed E-state index contributed by atoms with van der Waals surface area (Å²) < 4.78 is 28.4. The third-order valence-electron chi connectivity index (χ3n) is 6.05. The van der Waals surface area contributed by atoms with Crippen LogP contribution in [-0.2, 0) is 10.0 Å². The number of aliphatic imine (C=N–C) groups is 1. The molecule has 2 aliphatic heterocycles. The van der Waals surface area contributed by atoms with Gasteiger partial charge in [-0.15, -0.1) is 11.3 Å². The number of hydrogen-bond donors (Lipinski definition) is 2. The quantitative estimate of drug-likeness (QED) is 0.776. The van der Waals surface area contributed by atoms with Crippen molar-refractivity contribution in [2.75, 3.05) is 23.7 Å². The number of piperidine rings is 1. The molecule has 3 aliphatic rings. The Morgan fingerprint density at radius 2 is 2.07 bits per heavy atom. The van der Waals surface area contributed by atoms with Crippen molar-refractivity contribution in [1.29, 1.82) is 0 Å². The van der Waals surface area contributed by atoms with Crippen LogP contribution in [0.5, 0.6) is 0 Å². The Labute approximate surface area is 175 Å². The minimum Gasteiger partial charge on any atom is -0.369 e. The molecular weight excluding hydrogens is 406 g/mol. The van der Waals surface area contributed by atoms with Crippen molar-refractivity contribution in [1.82, 2.24) is 9.29 Å². The van der Waals surface area contributed by atoms with Gasteiger partial charge in [0.2, 0.25) is 0 Å². The minimum atomic E-state index is -3.51. The van der Waals surface area contributed by atoms with Gasteiger partial charge in [-0.2, -0.15) is 4.31 Å². The van der Waals surface area contributed by atoms with Gasteiger partial charge >= 0.3 is 0 Å². The van der Waals surface area contributed by atoms with Crippen LogP contribution in [0.15, 0.2) is 45.0 Å². The Kier molecular flexibility index (Phi) is 4.84. The lowest BCUT2D eigenvalue weighted by Gasteiger charge is -2.46. The highest BCUT2D eigenvalue weighted by Crippen LogP contribution is 2.37. The van der Waals surface area contributed by atoms with Gasteiger partial charge in [0.05, 0.1) is 11.7 Å². The zero-order chi connectivity index (χ0) is 19.9. The molecule has 9 heteroatoms. The van der Waals surface area contributed by atoms with Crippen molar-refractivity contribution in [3.05, 3.63) is 35.8 Å². The highest BCUT2D eigenvalue weighted by atomic mass is 32.2. The molecule has 0 amide bonds. The van der Waals surface area contributed by atoms with Crippen molar-refractivity contribution in [3.8, 4) is 0 Å². The first-order valence-corrected chi connectivity index (χ1v) is 12.5. The van der Waals surface area contributed by atoms with Gasteiger partial charge in [-0.05, 0) is 49.3 Å². The number of nitrogens with one attached hydrogen (secondary N) is 2. The number of sulfonamides is 1. The van der Waals surface area contributed by atoms with Crippen LogP contribution in [0.1, 0.15) is 38.5 Å². The summed E-state index contributed by atoms with van der Waals surface area (Å²) in [4.78, 5) is 9.52. The van der Waals surface area contributed by atoms with E-state index in [0.29, 0.717) is 23.3 Å². The third-order valence-corrected chi connectivity index (χ3v) is 9.27. The Hall–Kier alpha value is -1.97. The second-order valence-electron chi connectivity index (χ2n) is 8.02. The molecule has 0 bridgehead atoms. The van der Waals surface area contributed by atoms with E-state index in [4.69, 9.17) is 4.99 Å². The summed E-state index contributed by atoms with van der Waals surface area (Å²) in [5, 5.41) is 8.88. The van der Waals surface area contributed by atoms with E-state index in [1.54, 1.807) is 22.6 Å². The van der Waals surface area contributed by atoms with Crippen LogP contribution in [0.25, 0.3) is 0 Å². The molecule has 1 aliphatic carbocycles. The van der Waals surface area contributed by atoms with Gasteiger partial charge in [-0.3, -0.25) is 4.99 Å². The molecule has 2 fully saturated rings. The predicted molar refractivity (Wildman–Crippen MR) is 116 cm³/mol. The van der Waals surface area contributed by atoms with E-state index in [1.807, 2.05) is 17.5 Å². The third kappa shape index (κ3) is 3.45. The summed E-state index contributed by atoms with van der Waals surface area (Å²) in [6.07, 6.45) is 7.95. The number of thiophene rings is 1. The topological polar surface area (TPSA) is 86.7 Å². The number of amidine groups is 1. The van der Waals surface area contributed by atoms with Crippen LogP contribution in [0.4, 0.5) is 11.5 Å². The number of fused-ring (bicyclic) bond motifs is 1. The standard InChI is InChI=1S/C20H25N5O2S2/c26-29(27,17-9-4-13-28-17)25-12-5-10-20(14-25)19(22-15-6-1-2-7-15)23-18-16(24-20)8-3-11-21-18/h3-4,8-9,11,13,15,24H,1-2,5-7,10,12,14H2,(H,21,22,23)/t20-/m1/s1. The van der Waals surface area contributed by atoms with Crippen LogP contribution in [0.3, 0.4) is 0 Å². The predicted octanol–water partition coefficient (Wildman–Crippen LogP) is 3.55. The van der Waals surface area contributed by atoms with E-state index < -0.39 is 15.6 Å². The average Bonchev–Trinajstić information content (AvgIpc) is 3.43. The van der Waals surface area contributed by atoms with Crippen molar-refractivity contribution in [3.63, 3.8) is 0 Å². The van der Waals surface area contributed by atoms with Crippen molar-refractivity contribution in [2.24, 2.45) is 4.99 Å². The second-order valence-corrected chi connectivity index (χ2v) is 11.1. The smallest absolute Gasteiger partial charge is 0.252 e. The van der Waals surface area contributed by atoms with E-state index in [1.165, 1.54) is 24.2 Å². The molecule has 2 aromatic rings. The van der Waals surface area contributed by atoms with E-state index >= 15 is 0 Å². The van der Waals surface area contributed by atoms with Crippen molar-refractivity contribution in [2.45, 2.75) is 54.3 Å². The van der Waals surface area contributed by atoms with Gasteiger partial charge in [-0.1, -0.05) is 18.9 Å². The molecule has 154 valence electrons. The first-order chi connectivity index (χ1) is 14.1. The molecule has 4 heterocycles. The molecule has 0 unspecified atom stereocenters. The monoisotopic (exact) mass is 431 g/mol. The average molecular weight is 432 g/mol. The summed E-state index contributed by atoms with van der Waals surface area (Å²) in [7, 11) is -3.51. The van der Waals surface area contributed by atoms with Gasteiger partial charge in [0.1, 0.15) is 15.6 Å². The molecule has 1 saturated carbocycles. The summed E-state index contributed by atoms with van der Waals surface area (Å²) in [5.41, 5.74) is 0.342. The normalized spacial score (nSPS) is 27.0. The van der Waals surface area contributed by atoms with Crippen LogP contribution >= 0.6 is 11.3 Å². The molecule has 0 radical (unpaired) electrons. The lowest BCUT2D eigenvalue weighted by Crippen LogP contribution is -2.62. The second kappa shape index (κ2) is 7.37. The number of anilines is 2. The van der Waals surface area contributed by atoms with Gasteiger partial charge in [-0.25, -0.2) is 13.4 Å². The van der Waals surface area contributed by atoms with E-state index in [0.717, 1.165) is 43.0 Å². The number of aromatic nitrogens is 1. The SMILES string of the molecule is O=S(=O)(c1cccs1)N1CCC[C@]2(C1)Nc1cccnc1NC2=NC1CCCC1. The first-order valence-electron chi connectivity index (χ1n) is 10.2. The van der Waals surface area contributed by atoms with E-state index in [2.05, 4.69) is 15.6 Å². The van der Waals surface area contributed by atoms with Gasteiger partial charge in [0, 0.05) is 19.3 Å². The van der Waals surface area contributed by atoms with Gasteiger partial charge < -0.3 is 10.6 Å². The first kappa shape index (κ1) is 19.0. The van der Waals surface area contributed by atoms with Gasteiger partial charge in [0.15, 0.2) is 5.82 Å². The summed E-state index contributed by atoms with van der Waals surface area (Å²) in [6.45, 7) is 0.889. The van der Waals surface area contributed by atoms with E-state index in [-0.39, 0.29) is 0 Å². The lowest BCUT2D eigenvalue weighted by molar-refractivity contribution is 0.294. The van der Waals surface area contributed by atoms with Crippen LogP contribution in [-0.4, -0.2) is 48.2 Å². The highest BCUT2D eigenvalue weighted by Gasteiger charge is 2.47. The fourth-order valence-electron chi connectivity index (χ4n) is 4.58. The minimum absolute atomic E-state index is 0.297. The number of rotatable bonds is 3. The Balaban J connectivity index is 1.53. The van der Waals surface area contributed by atoms with Crippen LogP contribution in [0, 0.1) is 0 Å². The molecule has 29 heavy (non-hydrogen) atoms. The lowest BCUT2D eigenvalue weighted by atomic mass is 9.86. The zero-order valence-corrected chi connectivity index (χ0v) is 17.8. The molecule has 2 aromatic heterocycles. The molecule has 5 rings (SSSR count). The molecule has 0 aromatic carbocycles. The maximum Gasteiger partial charge on any atom is 0.252 e. The molecule has 1 atom stereocenters. The van der Waals surface area contributed by atoms with Gasteiger partial charge in [0.25, 0.3) is 10.0 Å². The Morgan fingerprint density at radius 3 is 2.86 bits per heavy atom. The summed E-state index contributed by atoms with van der Waals surface area (Å²) >= 11 is 1.27. The maximum atomic E-state index is 13.2. The van der Waals surface area contributed by atoms with Crippen molar-refractivity contribution >= 4 is 38.7 Å². The fraction of sp³-hybridized carbons (Fsp3) is 0.500. The van der Waals surface area contributed by atoms with Crippen LogP contribution < -0.4 is 10.6 Å². The summed E-state index contributed by atoms with van der Waals surface area (Å²) in [5.74, 6) is 1.59. The zero-order valence-electron chi connectivity index (χ0n) is 16.2. The number of nitrogens with zero attached hydrogens (tertiary/aromatic N) is 3. The summed E-state index contributed by atoms with van der Waals surface area (Å²) in [6, 6.07) is 7.64. The molecule has 2 N–H and O–H groups in total. The highest BCUT2D eigenvalue weighted by molar-refractivity contribution is 7.91. The molecular formula is C20H25N5O2S2. The number of hydrogen-bond acceptors (Lipinski definition) is 6. The molecule has 7 nitrogen and oxygen atoms in total. The molecule has 1 saturated heterocycles. The maximum absolute atomic E-state index is 13.2. The Morgan fingerprint density at radius 1 is 1.21 bits per heavy atom. The van der Waals surface area contributed by atoms with Crippen LogP contribution in [0.2, 0.25) is 0 Å². The van der Waals surface area contributed by atoms with Crippen molar-refractivity contribution < 1.29 is 8.42 Å². The molecule has 1 spiro atoms. The fourth-order valence-corrected chi connectivity index (χ4v) is 7.26.